The van der Waals surface area contributed by atoms with Crippen molar-refractivity contribution in [1.82, 2.24) is 9.88 Å². The van der Waals surface area contributed by atoms with Crippen LogP contribution in [-0.2, 0) is 15.8 Å². The third-order valence-electron chi connectivity index (χ3n) is 5.13. The molecule has 0 spiro atoms. The van der Waals surface area contributed by atoms with Crippen LogP contribution >= 0.6 is 0 Å². The van der Waals surface area contributed by atoms with Crippen LogP contribution in [0.3, 0.4) is 0 Å². The van der Waals surface area contributed by atoms with Crippen LogP contribution in [0, 0.1) is 0 Å². The molecule has 1 N–H and O–H groups in total. The molecule has 30 heavy (non-hydrogen) atoms. The number of nitrogens with zero attached hydrogens (tertiary/aromatic N) is 3. The van der Waals surface area contributed by atoms with Crippen LogP contribution in [-0.4, -0.2) is 46.7 Å². The maximum absolute atomic E-state index is 13.1. The molecule has 0 aliphatic carbocycles. The Morgan fingerprint density at radius 3 is 2.63 bits per heavy atom. The number of carbonyl (C=O) groups is 3. The van der Waals surface area contributed by atoms with E-state index in [0.717, 1.165) is 18.3 Å². The van der Waals surface area contributed by atoms with Gasteiger partial charge in [-0.3, -0.25) is 14.4 Å². The predicted molar refractivity (Wildman–Crippen MR) is 101 cm³/mol. The van der Waals surface area contributed by atoms with Crippen LogP contribution in [0.4, 0.5) is 24.5 Å². The lowest BCUT2D eigenvalue weighted by Gasteiger charge is -2.25. The molecule has 2 aliphatic rings. The van der Waals surface area contributed by atoms with Gasteiger partial charge < -0.3 is 15.1 Å². The molecule has 1 saturated heterocycles. The summed E-state index contributed by atoms with van der Waals surface area (Å²) in [6, 6.07) is 7.77. The highest BCUT2D eigenvalue weighted by Gasteiger charge is 2.42. The molecule has 4 rings (SSSR count). The zero-order valence-corrected chi connectivity index (χ0v) is 15.6. The van der Waals surface area contributed by atoms with Crippen LogP contribution in [0.25, 0.3) is 0 Å². The number of amides is 3. The molecule has 7 nitrogen and oxygen atoms in total. The molecule has 1 fully saturated rings. The van der Waals surface area contributed by atoms with Crippen molar-refractivity contribution >= 4 is 29.1 Å². The maximum Gasteiger partial charge on any atom is 0.433 e. The zero-order chi connectivity index (χ0) is 21.5. The number of pyridine rings is 1. The SMILES string of the molecule is O=C(CN1C(=O)[C@@H]2CCCN2C(=O)c2ccccc21)Nc1ccc(C(F)(F)F)nc1. The number of hydrogen-bond acceptors (Lipinski definition) is 4. The number of alkyl halides is 3. The first-order valence-corrected chi connectivity index (χ1v) is 9.30. The minimum absolute atomic E-state index is 0.0714. The fraction of sp³-hybridized carbons (Fsp3) is 0.300. The van der Waals surface area contributed by atoms with Gasteiger partial charge in [0.15, 0.2) is 0 Å². The Morgan fingerprint density at radius 1 is 1.17 bits per heavy atom. The van der Waals surface area contributed by atoms with Gasteiger partial charge in [0.2, 0.25) is 11.8 Å². The number of para-hydroxylation sites is 1. The van der Waals surface area contributed by atoms with Gasteiger partial charge in [0, 0.05) is 6.54 Å². The molecule has 0 radical (unpaired) electrons. The molecule has 0 unspecified atom stereocenters. The van der Waals surface area contributed by atoms with Gasteiger partial charge >= 0.3 is 6.18 Å². The molecule has 1 atom stereocenters. The number of fused-ring (bicyclic) bond motifs is 2. The number of benzene rings is 1. The van der Waals surface area contributed by atoms with Crippen LogP contribution in [0.1, 0.15) is 28.9 Å². The van der Waals surface area contributed by atoms with Crippen molar-refractivity contribution < 1.29 is 27.6 Å². The summed E-state index contributed by atoms with van der Waals surface area (Å²) in [5.41, 5.74) is -0.332. The summed E-state index contributed by atoms with van der Waals surface area (Å²) in [4.78, 5) is 44.6. The lowest BCUT2D eigenvalue weighted by molar-refractivity contribution is -0.141. The molecule has 1 aromatic heterocycles. The smallest absolute Gasteiger partial charge is 0.327 e. The van der Waals surface area contributed by atoms with E-state index in [-0.39, 0.29) is 24.0 Å². The minimum atomic E-state index is -4.58. The minimum Gasteiger partial charge on any atom is -0.327 e. The fourth-order valence-corrected chi connectivity index (χ4v) is 3.75. The highest BCUT2D eigenvalue weighted by molar-refractivity contribution is 6.13. The van der Waals surface area contributed by atoms with E-state index < -0.39 is 23.8 Å². The van der Waals surface area contributed by atoms with E-state index in [1.54, 1.807) is 24.3 Å². The lowest BCUT2D eigenvalue weighted by Crippen LogP contribution is -2.47. The molecule has 10 heteroatoms. The van der Waals surface area contributed by atoms with E-state index in [0.29, 0.717) is 30.6 Å². The molecule has 1 aromatic carbocycles. The van der Waals surface area contributed by atoms with Crippen molar-refractivity contribution in [3.8, 4) is 0 Å². The van der Waals surface area contributed by atoms with Crippen molar-refractivity contribution in [1.29, 1.82) is 0 Å². The van der Waals surface area contributed by atoms with Crippen molar-refractivity contribution in [2.75, 3.05) is 23.3 Å². The summed E-state index contributed by atoms with van der Waals surface area (Å²) in [5, 5.41) is 2.45. The lowest BCUT2D eigenvalue weighted by atomic mass is 10.1. The number of hydrogen-bond donors (Lipinski definition) is 1. The molecule has 0 saturated carbocycles. The third-order valence-corrected chi connectivity index (χ3v) is 5.13. The number of aromatic nitrogens is 1. The van der Waals surface area contributed by atoms with Crippen molar-refractivity contribution in [2.24, 2.45) is 0 Å². The van der Waals surface area contributed by atoms with Gasteiger partial charge in [0.25, 0.3) is 5.91 Å². The van der Waals surface area contributed by atoms with Crippen LogP contribution in [0.15, 0.2) is 42.6 Å². The van der Waals surface area contributed by atoms with Crippen molar-refractivity contribution in [3.63, 3.8) is 0 Å². The van der Waals surface area contributed by atoms with Gasteiger partial charge in [-0.1, -0.05) is 12.1 Å². The van der Waals surface area contributed by atoms with Gasteiger partial charge in [0.1, 0.15) is 18.3 Å². The van der Waals surface area contributed by atoms with E-state index in [4.69, 9.17) is 0 Å². The molecular formula is C20H17F3N4O3. The van der Waals surface area contributed by atoms with Crippen molar-refractivity contribution in [3.05, 3.63) is 53.9 Å². The fourth-order valence-electron chi connectivity index (χ4n) is 3.75. The summed E-state index contributed by atoms with van der Waals surface area (Å²) < 4.78 is 37.9. The summed E-state index contributed by atoms with van der Waals surface area (Å²) in [6.45, 7) is 0.0926. The van der Waals surface area contributed by atoms with Gasteiger partial charge in [0.05, 0.1) is 23.1 Å². The summed E-state index contributed by atoms with van der Waals surface area (Å²) in [6.07, 6.45) is -2.47. The number of nitrogens with one attached hydrogen (secondary N) is 1. The topological polar surface area (TPSA) is 82.6 Å². The Labute approximate surface area is 169 Å². The second-order valence-electron chi connectivity index (χ2n) is 7.08. The molecule has 3 amide bonds. The number of anilines is 2. The molecule has 2 aliphatic heterocycles. The molecule has 156 valence electrons. The standard InChI is InChI=1S/C20H17F3N4O3/c21-20(22,23)16-8-7-12(10-24-16)25-17(28)11-27-14-5-2-1-4-13(14)18(29)26-9-3-6-15(26)19(27)30/h1-2,4-5,7-8,10,15H,3,6,9,11H2,(H,25,28)/t15-/m0/s1. The van der Waals surface area contributed by atoms with E-state index in [9.17, 15) is 27.6 Å². The summed E-state index contributed by atoms with van der Waals surface area (Å²) in [5.74, 6) is -1.22. The molecule has 3 heterocycles. The van der Waals surface area contributed by atoms with Crippen LogP contribution < -0.4 is 10.2 Å². The van der Waals surface area contributed by atoms with Gasteiger partial charge in [-0.15, -0.1) is 0 Å². The highest BCUT2D eigenvalue weighted by Crippen LogP contribution is 2.32. The Bertz CT molecular complexity index is 1010. The normalized spacial score (nSPS) is 18.7. The average Bonchev–Trinajstić information content (AvgIpc) is 3.18. The molecular weight excluding hydrogens is 401 g/mol. The summed E-state index contributed by atoms with van der Waals surface area (Å²) >= 11 is 0. The van der Waals surface area contributed by atoms with Gasteiger partial charge in [-0.2, -0.15) is 13.2 Å². The van der Waals surface area contributed by atoms with E-state index in [2.05, 4.69) is 10.3 Å². The molecule has 2 aromatic rings. The Morgan fingerprint density at radius 2 is 1.93 bits per heavy atom. The van der Waals surface area contributed by atoms with Crippen LogP contribution in [0.5, 0.6) is 0 Å². The largest absolute Gasteiger partial charge is 0.433 e. The third kappa shape index (κ3) is 3.60. The quantitative estimate of drug-likeness (QED) is 0.831. The first-order valence-electron chi connectivity index (χ1n) is 9.30. The van der Waals surface area contributed by atoms with E-state index in [1.807, 2.05) is 0 Å². The number of carbonyl (C=O) groups excluding carboxylic acids is 3. The Hall–Kier alpha value is -3.43. The number of halogens is 3. The van der Waals surface area contributed by atoms with Gasteiger partial charge in [-0.25, -0.2) is 4.98 Å². The monoisotopic (exact) mass is 418 g/mol. The predicted octanol–water partition coefficient (Wildman–Crippen LogP) is 2.69. The van der Waals surface area contributed by atoms with Gasteiger partial charge in [-0.05, 0) is 37.1 Å². The summed E-state index contributed by atoms with van der Waals surface area (Å²) in [7, 11) is 0. The Balaban J connectivity index is 1.56. The van der Waals surface area contributed by atoms with E-state index in [1.165, 1.54) is 9.80 Å². The second-order valence-corrected chi connectivity index (χ2v) is 7.08. The highest BCUT2D eigenvalue weighted by atomic mass is 19.4. The average molecular weight is 418 g/mol. The number of rotatable bonds is 3. The van der Waals surface area contributed by atoms with E-state index >= 15 is 0 Å². The first kappa shape index (κ1) is 19.9. The molecule has 0 bridgehead atoms. The van der Waals surface area contributed by atoms with Crippen molar-refractivity contribution in [2.45, 2.75) is 25.1 Å². The first-order chi connectivity index (χ1) is 14.3. The Kier molecular flexibility index (Phi) is 4.92. The maximum atomic E-state index is 13.1. The zero-order valence-electron chi connectivity index (χ0n) is 15.6. The van der Waals surface area contributed by atoms with Crippen LogP contribution in [0.2, 0.25) is 0 Å². The second kappa shape index (κ2) is 7.43.